The third-order valence-corrected chi connectivity index (χ3v) is 7.02. The van der Waals surface area contributed by atoms with Crippen molar-refractivity contribution in [1.29, 1.82) is 0 Å². The molecule has 7 heteroatoms. The zero-order valence-electron chi connectivity index (χ0n) is 20.8. The summed E-state index contributed by atoms with van der Waals surface area (Å²) in [5.41, 5.74) is 8.57. The lowest BCUT2D eigenvalue weighted by molar-refractivity contribution is 0.0977. The molecule has 4 rings (SSSR count). The number of halogens is 1. The fourth-order valence-electron chi connectivity index (χ4n) is 4.78. The van der Waals surface area contributed by atoms with Crippen molar-refractivity contribution in [3.63, 3.8) is 0 Å². The molecule has 1 aliphatic heterocycles. The van der Waals surface area contributed by atoms with Gasteiger partial charge in [0.2, 0.25) is 0 Å². The minimum atomic E-state index is 0.239. The first-order valence-corrected chi connectivity index (χ1v) is 13.2. The Kier molecular flexibility index (Phi) is 10.6. The lowest BCUT2D eigenvalue weighted by Crippen LogP contribution is -2.48. The van der Waals surface area contributed by atoms with Crippen molar-refractivity contribution in [3.05, 3.63) is 101 Å². The molecular weight excluding hydrogens is 472 g/mol. The number of nitrogens with zero attached hydrogens (tertiary/aromatic N) is 2. The number of aryl methyl sites for hydroxylation is 1. The van der Waals surface area contributed by atoms with Gasteiger partial charge in [0.15, 0.2) is 0 Å². The summed E-state index contributed by atoms with van der Waals surface area (Å²) >= 11 is 6.16. The average molecular weight is 509 g/mol. The molecule has 0 aromatic heterocycles. The van der Waals surface area contributed by atoms with E-state index in [1.54, 1.807) is 0 Å². The lowest BCUT2D eigenvalue weighted by atomic mass is 9.96. The summed E-state index contributed by atoms with van der Waals surface area (Å²) in [7, 11) is 0. The molecule has 0 radical (unpaired) electrons. The van der Waals surface area contributed by atoms with Crippen LogP contribution in [0.5, 0.6) is 5.75 Å². The standard InChI is InChI=1S/C29H37ClN4O2/c30-27-13-11-26(12-14-27)29(25-7-2-1-3-8-25)34-20-18-33(19-21-34)22-23-36-28-15-9-24(10-16-28)6-4-5-17-31-32-35/h1-3,7-16,29,31-32,35H,4-6,17-23H2/t29-/m1/s1. The molecule has 1 atom stereocenters. The Morgan fingerprint density at radius 2 is 1.53 bits per heavy atom. The van der Waals surface area contributed by atoms with Gasteiger partial charge in [0.1, 0.15) is 12.4 Å². The summed E-state index contributed by atoms with van der Waals surface area (Å²) < 4.78 is 6.03. The number of piperazine rings is 1. The van der Waals surface area contributed by atoms with E-state index in [2.05, 4.69) is 82.0 Å². The number of unbranched alkanes of at least 4 members (excludes halogenated alkanes) is 1. The summed E-state index contributed by atoms with van der Waals surface area (Å²) in [5.74, 6) is 0.926. The Morgan fingerprint density at radius 1 is 0.833 bits per heavy atom. The minimum absolute atomic E-state index is 0.239. The monoisotopic (exact) mass is 508 g/mol. The number of hydrazine groups is 1. The van der Waals surface area contributed by atoms with E-state index >= 15 is 0 Å². The zero-order chi connectivity index (χ0) is 25.0. The van der Waals surface area contributed by atoms with Gasteiger partial charge < -0.3 is 9.94 Å². The highest BCUT2D eigenvalue weighted by molar-refractivity contribution is 6.30. The smallest absolute Gasteiger partial charge is 0.119 e. The van der Waals surface area contributed by atoms with E-state index in [1.165, 1.54) is 16.7 Å². The van der Waals surface area contributed by atoms with Crippen LogP contribution in [-0.4, -0.2) is 60.9 Å². The van der Waals surface area contributed by atoms with Gasteiger partial charge in [-0.15, -0.1) is 5.59 Å². The molecule has 0 aliphatic carbocycles. The van der Waals surface area contributed by atoms with Gasteiger partial charge in [-0.05, 0) is 60.2 Å². The van der Waals surface area contributed by atoms with Crippen molar-refractivity contribution in [3.8, 4) is 5.75 Å². The quantitative estimate of drug-likeness (QED) is 0.225. The predicted molar refractivity (Wildman–Crippen MR) is 146 cm³/mol. The number of hydrogen-bond acceptors (Lipinski definition) is 6. The van der Waals surface area contributed by atoms with E-state index in [-0.39, 0.29) is 6.04 Å². The van der Waals surface area contributed by atoms with Crippen LogP contribution in [0.1, 0.15) is 35.6 Å². The summed E-state index contributed by atoms with van der Waals surface area (Å²) in [4.78, 5) is 5.06. The average Bonchev–Trinajstić information content (AvgIpc) is 2.92. The number of ether oxygens (including phenoxy) is 1. The number of hydrogen-bond donors (Lipinski definition) is 3. The maximum atomic E-state index is 8.51. The largest absolute Gasteiger partial charge is 0.492 e. The molecule has 1 heterocycles. The van der Waals surface area contributed by atoms with Crippen molar-refractivity contribution in [2.75, 3.05) is 45.9 Å². The first kappa shape index (κ1) is 26.6. The summed E-state index contributed by atoms with van der Waals surface area (Å²) in [6.07, 6.45) is 3.10. The summed E-state index contributed by atoms with van der Waals surface area (Å²) in [5, 5.41) is 9.28. The van der Waals surface area contributed by atoms with Crippen molar-refractivity contribution < 1.29 is 9.94 Å². The highest BCUT2D eigenvalue weighted by Crippen LogP contribution is 2.30. The predicted octanol–water partition coefficient (Wildman–Crippen LogP) is 4.93. The van der Waals surface area contributed by atoms with E-state index in [4.69, 9.17) is 21.5 Å². The fraction of sp³-hybridized carbons (Fsp3) is 0.379. The molecule has 1 fully saturated rings. The maximum Gasteiger partial charge on any atom is 0.119 e. The van der Waals surface area contributed by atoms with Crippen LogP contribution in [0.3, 0.4) is 0 Å². The number of nitrogens with one attached hydrogen (secondary N) is 2. The molecule has 3 aromatic carbocycles. The van der Waals surface area contributed by atoms with E-state index < -0.39 is 0 Å². The number of benzene rings is 3. The second kappa shape index (κ2) is 14.3. The molecule has 0 spiro atoms. The topological polar surface area (TPSA) is 60.0 Å². The van der Waals surface area contributed by atoms with Gasteiger partial charge in [0, 0.05) is 44.3 Å². The summed E-state index contributed by atoms with van der Waals surface area (Å²) in [6, 6.07) is 27.7. The SMILES string of the molecule is ONNCCCCc1ccc(OCCN2CCN([C@H](c3ccccc3)c3ccc(Cl)cc3)CC2)cc1. The molecule has 1 aliphatic rings. The van der Waals surface area contributed by atoms with Crippen LogP contribution in [0.4, 0.5) is 0 Å². The van der Waals surface area contributed by atoms with Crippen molar-refractivity contribution in [2.24, 2.45) is 0 Å². The molecule has 0 bridgehead atoms. The van der Waals surface area contributed by atoms with Gasteiger partial charge in [0.25, 0.3) is 0 Å². The molecule has 36 heavy (non-hydrogen) atoms. The Hall–Kier alpha value is -2.45. The van der Waals surface area contributed by atoms with Gasteiger partial charge in [-0.2, -0.15) is 0 Å². The molecular formula is C29H37ClN4O2. The van der Waals surface area contributed by atoms with Crippen LogP contribution in [0.2, 0.25) is 5.02 Å². The normalized spacial score (nSPS) is 15.6. The van der Waals surface area contributed by atoms with E-state index in [9.17, 15) is 0 Å². The molecule has 3 aromatic rings. The molecule has 192 valence electrons. The van der Waals surface area contributed by atoms with Crippen LogP contribution in [-0.2, 0) is 6.42 Å². The summed E-state index contributed by atoms with van der Waals surface area (Å²) in [6.45, 7) is 6.46. The maximum absolute atomic E-state index is 8.51. The van der Waals surface area contributed by atoms with E-state index in [1.807, 2.05) is 17.7 Å². The van der Waals surface area contributed by atoms with Crippen LogP contribution in [0.25, 0.3) is 0 Å². The van der Waals surface area contributed by atoms with Gasteiger partial charge >= 0.3 is 0 Å². The molecule has 0 amide bonds. The van der Waals surface area contributed by atoms with Gasteiger partial charge in [0.05, 0.1) is 6.04 Å². The van der Waals surface area contributed by atoms with Gasteiger partial charge in [-0.25, -0.2) is 5.43 Å². The lowest BCUT2D eigenvalue weighted by Gasteiger charge is -2.39. The zero-order valence-corrected chi connectivity index (χ0v) is 21.5. The van der Waals surface area contributed by atoms with Gasteiger partial charge in [-0.1, -0.05) is 66.2 Å². The highest BCUT2D eigenvalue weighted by Gasteiger charge is 2.26. The van der Waals surface area contributed by atoms with Crippen LogP contribution >= 0.6 is 11.6 Å². The van der Waals surface area contributed by atoms with Crippen LogP contribution in [0.15, 0.2) is 78.9 Å². The van der Waals surface area contributed by atoms with E-state index in [0.717, 1.165) is 69.3 Å². The first-order valence-electron chi connectivity index (χ1n) is 12.8. The van der Waals surface area contributed by atoms with Crippen molar-refractivity contribution >= 4 is 11.6 Å². The van der Waals surface area contributed by atoms with E-state index in [0.29, 0.717) is 6.61 Å². The van der Waals surface area contributed by atoms with Crippen molar-refractivity contribution in [2.45, 2.75) is 25.3 Å². The van der Waals surface area contributed by atoms with Crippen LogP contribution < -0.4 is 15.8 Å². The van der Waals surface area contributed by atoms with Crippen molar-refractivity contribution in [1.82, 2.24) is 20.8 Å². The Labute approximate surface area is 219 Å². The van der Waals surface area contributed by atoms with Crippen LogP contribution in [0, 0.1) is 0 Å². The molecule has 0 saturated carbocycles. The second-order valence-corrected chi connectivity index (χ2v) is 9.67. The molecule has 3 N–H and O–H groups in total. The Morgan fingerprint density at radius 3 is 2.22 bits per heavy atom. The molecule has 6 nitrogen and oxygen atoms in total. The Balaban J connectivity index is 1.22. The third-order valence-electron chi connectivity index (χ3n) is 6.77. The number of rotatable bonds is 13. The minimum Gasteiger partial charge on any atom is -0.492 e. The third kappa shape index (κ3) is 8.03. The molecule has 1 saturated heterocycles. The molecule has 0 unspecified atom stereocenters. The van der Waals surface area contributed by atoms with Gasteiger partial charge in [-0.3, -0.25) is 9.80 Å². The Bertz CT molecular complexity index is 1010. The second-order valence-electron chi connectivity index (χ2n) is 9.23. The highest BCUT2D eigenvalue weighted by atomic mass is 35.5. The first-order chi connectivity index (χ1) is 17.7. The fourth-order valence-corrected chi connectivity index (χ4v) is 4.91.